The molecule has 0 aliphatic carbocycles. The average molecular weight is 232 g/mol. The van der Waals surface area contributed by atoms with Gasteiger partial charge in [0.2, 0.25) is 0 Å². The van der Waals surface area contributed by atoms with E-state index in [1.807, 2.05) is 0 Å². The zero-order valence-corrected chi connectivity index (χ0v) is 11.9. The minimum atomic E-state index is -1.86. The van der Waals surface area contributed by atoms with Crippen LogP contribution in [0.25, 0.3) is 0 Å². The van der Waals surface area contributed by atoms with Crippen molar-refractivity contribution in [1.29, 1.82) is 0 Å². The molecule has 0 fully saturated rings. The van der Waals surface area contributed by atoms with Gasteiger partial charge in [0, 0.05) is 0 Å². The molecule has 0 amide bonds. The Balaban J connectivity index is 4.31. The van der Waals surface area contributed by atoms with E-state index in [1.165, 1.54) is 0 Å². The van der Waals surface area contributed by atoms with E-state index in [4.69, 9.17) is 0 Å². The van der Waals surface area contributed by atoms with Gasteiger partial charge in [0.05, 0.1) is 0 Å². The fraction of sp³-hybridized carbons (Fsp3) is 1.00. The molecule has 4 N–H and O–H groups in total. The summed E-state index contributed by atoms with van der Waals surface area (Å²) in [5, 5.41) is 0. The van der Waals surface area contributed by atoms with Gasteiger partial charge in [-0.3, -0.25) is 0 Å². The van der Waals surface area contributed by atoms with E-state index in [2.05, 4.69) is 54.5 Å². The third-order valence-electron chi connectivity index (χ3n) is 2.10. The molecule has 0 spiro atoms. The van der Waals surface area contributed by atoms with Gasteiger partial charge >= 0.3 is 8.72 Å². The van der Waals surface area contributed by atoms with Crippen LogP contribution in [0, 0.1) is 5.92 Å². The van der Waals surface area contributed by atoms with Crippen molar-refractivity contribution < 1.29 is 0 Å². The highest BCUT2D eigenvalue weighted by Gasteiger charge is 2.31. The smallest absolute Gasteiger partial charge is 0.301 e. The van der Waals surface area contributed by atoms with Crippen LogP contribution in [0.15, 0.2) is 0 Å². The molecule has 0 bridgehead atoms. The van der Waals surface area contributed by atoms with Crippen LogP contribution in [0.3, 0.4) is 0 Å². The first-order valence-electron chi connectivity index (χ1n) is 6.10. The van der Waals surface area contributed by atoms with E-state index in [0.29, 0.717) is 5.92 Å². The summed E-state index contributed by atoms with van der Waals surface area (Å²) in [6.45, 7) is 14.9. The van der Waals surface area contributed by atoms with Crippen molar-refractivity contribution in [2.24, 2.45) is 5.92 Å². The molecule has 0 aromatic rings. The minimum absolute atomic E-state index is 0.674. The third kappa shape index (κ3) is 6.27. The highest BCUT2D eigenvalue weighted by atomic mass is 28.4. The normalized spacial score (nSPS) is 12.4. The maximum atomic E-state index is 3.64. The van der Waals surface area contributed by atoms with Crippen LogP contribution in [-0.4, -0.2) is 34.9 Å². The van der Waals surface area contributed by atoms with Crippen molar-refractivity contribution in [3.63, 3.8) is 0 Å². The average Bonchev–Trinajstić information content (AvgIpc) is 2.16. The van der Waals surface area contributed by atoms with Crippen molar-refractivity contribution in [3.05, 3.63) is 0 Å². The zero-order chi connectivity index (χ0) is 11.7. The Bertz CT molecular complexity index is 135. The molecule has 0 rings (SSSR count). The highest BCUT2D eigenvalue weighted by molar-refractivity contribution is 6.70. The second kappa shape index (κ2) is 8.24. The summed E-state index contributed by atoms with van der Waals surface area (Å²) in [5.74, 6) is 0.674. The van der Waals surface area contributed by atoms with Crippen LogP contribution in [0.4, 0.5) is 0 Å². The largest absolute Gasteiger partial charge is 0.365 e. The molecule has 0 aliphatic heterocycles. The molecule has 0 unspecified atom stereocenters. The van der Waals surface area contributed by atoms with Crippen molar-refractivity contribution in [3.8, 4) is 0 Å². The lowest BCUT2D eigenvalue weighted by molar-refractivity contribution is 0.591. The molecule has 0 aliphatic rings. The molecule has 5 heteroatoms. The van der Waals surface area contributed by atoms with E-state index in [9.17, 15) is 0 Å². The molecule has 0 radical (unpaired) electrons. The number of nitrogens with one attached hydrogen (secondary N) is 4. The van der Waals surface area contributed by atoms with Gasteiger partial charge in [0.1, 0.15) is 0 Å². The lowest BCUT2D eigenvalue weighted by Gasteiger charge is -2.33. The quantitative estimate of drug-likeness (QED) is 0.437. The van der Waals surface area contributed by atoms with E-state index < -0.39 is 8.72 Å². The zero-order valence-electron chi connectivity index (χ0n) is 10.9. The number of rotatable bonds is 9. The monoisotopic (exact) mass is 232 g/mol. The predicted octanol–water partition coefficient (Wildman–Crippen LogP) is 0.496. The van der Waals surface area contributed by atoms with Crippen LogP contribution >= 0.6 is 0 Å². The summed E-state index contributed by atoms with van der Waals surface area (Å²) in [7, 11) is -1.86. The van der Waals surface area contributed by atoms with E-state index >= 15 is 0 Å². The van der Waals surface area contributed by atoms with Gasteiger partial charge in [-0.1, -0.05) is 34.6 Å². The summed E-state index contributed by atoms with van der Waals surface area (Å²) in [4.78, 5) is 14.3. The molecular formula is C10H28N4Si. The summed E-state index contributed by atoms with van der Waals surface area (Å²) < 4.78 is 0. The van der Waals surface area contributed by atoms with Gasteiger partial charge in [0.25, 0.3) is 0 Å². The van der Waals surface area contributed by atoms with Crippen molar-refractivity contribution in [2.45, 2.75) is 34.6 Å². The van der Waals surface area contributed by atoms with E-state index in [0.717, 1.165) is 26.2 Å². The van der Waals surface area contributed by atoms with Crippen molar-refractivity contribution in [2.75, 3.05) is 26.2 Å². The first-order valence-corrected chi connectivity index (χ1v) is 8.10. The standard InChI is InChI=1S/C10H28N4Si/c1-6-11-15(12-7-2,13-8-3)14-9-10(4)5/h10-14H,6-9H2,1-5H3. The summed E-state index contributed by atoms with van der Waals surface area (Å²) in [6.07, 6.45) is 0. The van der Waals surface area contributed by atoms with E-state index in [-0.39, 0.29) is 0 Å². The maximum absolute atomic E-state index is 3.64. The topological polar surface area (TPSA) is 48.1 Å². The van der Waals surface area contributed by atoms with Crippen LogP contribution < -0.4 is 19.9 Å². The van der Waals surface area contributed by atoms with Crippen molar-refractivity contribution in [1.82, 2.24) is 19.9 Å². The minimum Gasteiger partial charge on any atom is -0.301 e. The second-order valence-corrected chi connectivity index (χ2v) is 7.03. The predicted molar refractivity (Wildman–Crippen MR) is 69.6 cm³/mol. The highest BCUT2D eigenvalue weighted by Crippen LogP contribution is 1.91. The molecule has 15 heavy (non-hydrogen) atoms. The van der Waals surface area contributed by atoms with Crippen LogP contribution in [0.2, 0.25) is 0 Å². The van der Waals surface area contributed by atoms with Crippen LogP contribution in [0.5, 0.6) is 0 Å². The maximum Gasteiger partial charge on any atom is 0.365 e. The molecule has 0 saturated heterocycles. The first-order chi connectivity index (χ1) is 7.10. The molecule has 4 nitrogen and oxygen atoms in total. The Morgan fingerprint density at radius 1 is 0.800 bits per heavy atom. The summed E-state index contributed by atoms with van der Waals surface area (Å²) in [5.41, 5.74) is 0. The molecular weight excluding hydrogens is 204 g/mol. The summed E-state index contributed by atoms with van der Waals surface area (Å²) in [6, 6.07) is 0. The fourth-order valence-electron chi connectivity index (χ4n) is 1.53. The molecule has 0 aromatic carbocycles. The van der Waals surface area contributed by atoms with Crippen LogP contribution in [-0.2, 0) is 0 Å². The number of hydrogen-bond donors (Lipinski definition) is 4. The Morgan fingerprint density at radius 3 is 1.47 bits per heavy atom. The lowest BCUT2D eigenvalue weighted by Crippen LogP contribution is -2.81. The Kier molecular flexibility index (Phi) is 8.27. The summed E-state index contributed by atoms with van der Waals surface area (Å²) >= 11 is 0. The van der Waals surface area contributed by atoms with Crippen LogP contribution in [0.1, 0.15) is 34.6 Å². The van der Waals surface area contributed by atoms with Gasteiger partial charge < -0.3 is 19.9 Å². The molecule has 0 atom stereocenters. The Labute approximate surface area is 95.9 Å². The third-order valence-corrected chi connectivity index (χ3v) is 5.49. The Hall–Kier alpha value is 0.0569. The Morgan fingerprint density at radius 2 is 1.20 bits per heavy atom. The van der Waals surface area contributed by atoms with E-state index in [1.54, 1.807) is 0 Å². The fourth-order valence-corrected chi connectivity index (χ4v) is 4.58. The lowest BCUT2D eigenvalue weighted by atomic mass is 10.2. The van der Waals surface area contributed by atoms with Gasteiger partial charge in [-0.05, 0) is 32.1 Å². The SMILES string of the molecule is CCN[Si](NCC)(NCC)NCC(C)C. The van der Waals surface area contributed by atoms with Gasteiger partial charge in [0.15, 0.2) is 0 Å². The van der Waals surface area contributed by atoms with Gasteiger partial charge in [-0.15, -0.1) is 0 Å². The first kappa shape index (κ1) is 15.1. The van der Waals surface area contributed by atoms with Gasteiger partial charge in [-0.25, -0.2) is 0 Å². The molecule has 0 saturated carbocycles. The molecule has 0 heterocycles. The molecule has 0 aromatic heterocycles. The van der Waals surface area contributed by atoms with Crippen molar-refractivity contribution >= 4 is 8.72 Å². The van der Waals surface area contributed by atoms with Gasteiger partial charge in [-0.2, -0.15) is 0 Å². The number of hydrogen-bond acceptors (Lipinski definition) is 4. The second-order valence-electron chi connectivity index (χ2n) is 4.12. The molecule has 92 valence electrons.